The molecule has 0 N–H and O–H groups in total. The number of thiazole rings is 1. The highest BCUT2D eigenvalue weighted by molar-refractivity contribution is 7.11. The zero-order valence-electron chi connectivity index (χ0n) is 20.4. The van der Waals surface area contributed by atoms with Gasteiger partial charge >= 0.3 is 0 Å². The molecular formula is C25H29ClN6O2S. The van der Waals surface area contributed by atoms with Crippen LogP contribution in [0.4, 0.5) is 0 Å². The van der Waals surface area contributed by atoms with E-state index in [0.29, 0.717) is 46.8 Å². The Labute approximate surface area is 213 Å². The summed E-state index contributed by atoms with van der Waals surface area (Å²) in [5.74, 6) is 1.82. The molecule has 8 nitrogen and oxygen atoms in total. The van der Waals surface area contributed by atoms with Crippen molar-refractivity contribution in [2.45, 2.75) is 45.3 Å². The summed E-state index contributed by atoms with van der Waals surface area (Å²) in [6, 6.07) is 5.78. The molecular weight excluding hydrogens is 484 g/mol. The maximum atomic E-state index is 6.88. The molecule has 3 aromatic heterocycles. The first-order chi connectivity index (χ1) is 16.8. The van der Waals surface area contributed by atoms with Gasteiger partial charge in [0.25, 0.3) is 0 Å². The van der Waals surface area contributed by atoms with Gasteiger partial charge in [0, 0.05) is 23.2 Å². The second kappa shape index (κ2) is 9.72. The molecule has 35 heavy (non-hydrogen) atoms. The standard InChI is InChI=1S/C25H29ClN6O2S/c1-16-13-27-19(35-16)14-32-22(17-7-5-8-18(20(17)26)33-12-6-11-31(3)4)30-21-23(32)28-15-29-24(21)34-25(2)9-10-25/h5,7-8,13,15H,6,9-12,14H2,1-4H3. The van der Waals surface area contributed by atoms with E-state index in [2.05, 4.69) is 26.8 Å². The van der Waals surface area contributed by atoms with Crippen LogP contribution in [0.25, 0.3) is 22.6 Å². The monoisotopic (exact) mass is 512 g/mol. The van der Waals surface area contributed by atoms with Crippen molar-refractivity contribution in [2.24, 2.45) is 0 Å². The van der Waals surface area contributed by atoms with Crippen LogP contribution in [0.5, 0.6) is 11.6 Å². The third kappa shape index (κ3) is 5.27. The summed E-state index contributed by atoms with van der Waals surface area (Å²) in [6.07, 6.45) is 6.33. The van der Waals surface area contributed by atoms with Crippen LogP contribution in [0.2, 0.25) is 5.02 Å². The van der Waals surface area contributed by atoms with Gasteiger partial charge in [-0.25, -0.2) is 15.0 Å². The molecule has 0 atom stereocenters. The molecule has 10 heteroatoms. The Bertz CT molecular complexity index is 1350. The number of imidazole rings is 1. The van der Waals surface area contributed by atoms with Crippen LogP contribution in [0.3, 0.4) is 0 Å². The molecule has 184 valence electrons. The van der Waals surface area contributed by atoms with Crippen molar-refractivity contribution in [3.8, 4) is 23.0 Å². The maximum Gasteiger partial charge on any atom is 0.245 e. The SMILES string of the molecule is Cc1cnc(Cn2c(-c3cccc(OCCCN(C)C)c3Cl)nc3c(OC4(C)CC4)ncnc32)s1. The molecule has 3 heterocycles. The van der Waals surface area contributed by atoms with Crippen molar-refractivity contribution < 1.29 is 9.47 Å². The van der Waals surface area contributed by atoms with Crippen LogP contribution in [-0.4, -0.2) is 62.3 Å². The Kier molecular flexibility index (Phi) is 6.65. The average molecular weight is 513 g/mol. The summed E-state index contributed by atoms with van der Waals surface area (Å²) >= 11 is 8.53. The van der Waals surface area contributed by atoms with Gasteiger partial charge in [0.1, 0.15) is 28.5 Å². The molecule has 5 rings (SSSR count). The summed E-state index contributed by atoms with van der Waals surface area (Å²) in [6.45, 7) is 6.18. The van der Waals surface area contributed by atoms with Gasteiger partial charge in [0.05, 0.1) is 18.2 Å². The highest BCUT2D eigenvalue weighted by atomic mass is 35.5. The fourth-order valence-electron chi connectivity index (χ4n) is 3.83. The normalized spacial score (nSPS) is 14.6. The highest BCUT2D eigenvalue weighted by Crippen LogP contribution is 2.42. The number of aromatic nitrogens is 5. The van der Waals surface area contributed by atoms with Crippen LogP contribution in [0.1, 0.15) is 36.1 Å². The number of nitrogens with zero attached hydrogens (tertiary/aromatic N) is 6. The Morgan fingerprint density at radius 1 is 1.20 bits per heavy atom. The van der Waals surface area contributed by atoms with Gasteiger partial charge in [-0.1, -0.05) is 17.7 Å². The van der Waals surface area contributed by atoms with Crippen molar-refractivity contribution in [2.75, 3.05) is 27.2 Å². The van der Waals surface area contributed by atoms with Crippen LogP contribution in [0, 0.1) is 6.92 Å². The van der Waals surface area contributed by atoms with Crippen molar-refractivity contribution in [1.82, 2.24) is 29.4 Å². The maximum absolute atomic E-state index is 6.88. The fourth-order valence-corrected chi connectivity index (χ4v) is 4.87. The number of hydrogen-bond donors (Lipinski definition) is 0. The van der Waals surface area contributed by atoms with E-state index in [4.69, 9.17) is 26.1 Å². The van der Waals surface area contributed by atoms with Crippen LogP contribution in [-0.2, 0) is 6.54 Å². The third-order valence-electron chi connectivity index (χ3n) is 5.97. The zero-order chi connectivity index (χ0) is 24.6. The first-order valence-corrected chi connectivity index (χ1v) is 12.9. The van der Waals surface area contributed by atoms with Crippen LogP contribution < -0.4 is 9.47 Å². The highest BCUT2D eigenvalue weighted by Gasteiger charge is 2.41. The molecule has 0 spiro atoms. The molecule has 0 saturated heterocycles. The number of halogens is 1. The lowest BCUT2D eigenvalue weighted by Crippen LogP contribution is -2.15. The average Bonchev–Trinajstić information content (AvgIpc) is 3.22. The first kappa shape index (κ1) is 24.0. The third-order valence-corrected chi connectivity index (χ3v) is 7.26. The Morgan fingerprint density at radius 3 is 2.74 bits per heavy atom. The van der Waals surface area contributed by atoms with E-state index in [1.165, 1.54) is 6.33 Å². The van der Waals surface area contributed by atoms with Gasteiger partial charge in [0.2, 0.25) is 5.88 Å². The van der Waals surface area contributed by atoms with E-state index in [0.717, 1.165) is 41.3 Å². The molecule has 0 aliphatic heterocycles. The Hall–Kier alpha value is -2.75. The van der Waals surface area contributed by atoms with E-state index in [1.807, 2.05) is 50.0 Å². The van der Waals surface area contributed by atoms with Gasteiger partial charge in [-0.05, 0) is 59.3 Å². The number of fused-ring (bicyclic) bond motifs is 1. The zero-order valence-corrected chi connectivity index (χ0v) is 22.0. The summed E-state index contributed by atoms with van der Waals surface area (Å²) in [5.41, 5.74) is 1.90. The van der Waals surface area contributed by atoms with Crippen molar-refractivity contribution in [3.63, 3.8) is 0 Å². The number of benzene rings is 1. The smallest absolute Gasteiger partial charge is 0.245 e. The lowest BCUT2D eigenvalue weighted by atomic mass is 10.2. The lowest BCUT2D eigenvalue weighted by molar-refractivity contribution is 0.194. The Balaban J connectivity index is 1.56. The molecule has 0 bridgehead atoms. The van der Waals surface area contributed by atoms with E-state index in [9.17, 15) is 0 Å². The minimum absolute atomic E-state index is 0.185. The van der Waals surface area contributed by atoms with E-state index < -0.39 is 0 Å². The summed E-state index contributed by atoms with van der Waals surface area (Å²) in [7, 11) is 4.10. The molecule has 0 amide bonds. The molecule has 0 unspecified atom stereocenters. The predicted molar refractivity (Wildman–Crippen MR) is 139 cm³/mol. The fraction of sp³-hybridized carbons (Fsp3) is 0.440. The number of ether oxygens (including phenoxy) is 2. The molecule has 1 aromatic carbocycles. The topological polar surface area (TPSA) is 78.2 Å². The lowest BCUT2D eigenvalue weighted by Gasteiger charge is -2.14. The van der Waals surface area contributed by atoms with Crippen molar-refractivity contribution >= 4 is 34.1 Å². The van der Waals surface area contributed by atoms with E-state index >= 15 is 0 Å². The largest absolute Gasteiger partial charge is 0.492 e. The molecule has 4 aromatic rings. The van der Waals surface area contributed by atoms with E-state index in [1.54, 1.807) is 11.3 Å². The Morgan fingerprint density at radius 2 is 2.03 bits per heavy atom. The van der Waals surface area contributed by atoms with Gasteiger partial charge in [0.15, 0.2) is 11.2 Å². The van der Waals surface area contributed by atoms with Crippen LogP contribution >= 0.6 is 22.9 Å². The molecule has 1 aliphatic rings. The van der Waals surface area contributed by atoms with E-state index in [-0.39, 0.29) is 5.60 Å². The second-order valence-electron chi connectivity index (χ2n) is 9.41. The van der Waals surface area contributed by atoms with Crippen molar-refractivity contribution in [3.05, 3.63) is 45.6 Å². The molecule has 1 saturated carbocycles. The summed E-state index contributed by atoms with van der Waals surface area (Å²) < 4.78 is 14.3. The number of hydrogen-bond acceptors (Lipinski definition) is 8. The van der Waals surface area contributed by atoms with Gasteiger partial charge < -0.3 is 18.9 Å². The minimum atomic E-state index is -0.185. The molecule has 1 aliphatic carbocycles. The van der Waals surface area contributed by atoms with Gasteiger partial charge in [-0.15, -0.1) is 11.3 Å². The minimum Gasteiger partial charge on any atom is -0.492 e. The van der Waals surface area contributed by atoms with Crippen molar-refractivity contribution in [1.29, 1.82) is 0 Å². The van der Waals surface area contributed by atoms with Gasteiger partial charge in [-0.2, -0.15) is 4.98 Å². The molecule has 0 radical (unpaired) electrons. The summed E-state index contributed by atoms with van der Waals surface area (Å²) in [5, 5.41) is 1.49. The second-order valence-corrected chi connectivity index (χ2v) is 11.1. The predicted octanol–water partition coefficient (Wildman–Crippen LogP) is 5.22. The quantitative estimate of drug-likeness (QED) is 0.269. The summed E-state index contributed by atoms with van der Waals surface area (Å²) in [4.78, 5) is 21.8. The number of rotatable bonds is 10. The molecule has 1 fully saturated rings. The first-order valence-electron chi connectivity index (χ1n) is 11.7. The number of aryl methyl sites for hydroxylation is 1. The van der Waals surface area contributed by atoms with Gasteiger partial charge in [-0.3, -0.25) is 0 Å². The van der Waals surface area contributed by atoms with Crippen LogP contribution in [0.15, 0.2) is 30.7 Å².